The summed E-state index contributed by atoms with van der Waals surface area (Å²) in [7, 11) is 0. The minimum atomic E-state index is -1.88. The third-order valence-corrected chi connectivity index (χ3v) is 5.81. The lowest BCUT2D eigenvalue weighted by molar-refractivity contribution is -0.170. The third-order valence-electron chi connectivity index (χ3n) is 5.81. The van der Waals surface area contributed by atoms with Crippen molar-refractivity contribution >= 4 is 23.6 Å². The molecule has 3 unspecified atom stereocenters. The van der Waals surface area contributed by atoms with Gasteiger partial charge in [-0.1, -0.05) is 27.2 Å². The number of carbonyl (C=O) groups is 4. The van der Waals surface area contributed by atoms with Crippen LogP contribution in [-0.2, 0) is 28.7 Å². The zero-order valence-corrected chi connectivity index (χ0v) is 20.4. The number of nitrogens with zero attached hydrogens (tertiary/aromatic N) is 1. The van der Waals surface area contributed by atoms with E-state index in [4.69, 9.17) is 15.9 Å². The van der Waals surface area contributed by atoms with E-state index in [0.717, 1.165) is 0 Å². The number of halogens is 2. The van der Waals surface area contributed by atoms with Crippen LogP contribution in [0.15, 0.2) is 0 Å². The van der Waals surface area contributed by atoms with Gasteiger partial charge in [0.25, 0.3) is 0 Å². The number of carbonyl (C=O) groups excluding carboxylic acids is 4. The third kappa shape index (κ3) is 8.67. The van der Waals surface area contributed by atoms with Crippen molar-refractivity contribution in [2.75, 3.05) is 13.1 Å². The van der Waals surface area contributed by atoms with Crippen LogP contribution in [0.4, 0.5) is 8.78 Å². The molecule has 34 heavy (non-hydrogen) atoms. The summed E-state index contributed by atoms with van der Waals surface area (Å²) < 4.78 is 38.0. The van der Waals surface area contributed by atoms with E-state index >= 15 is 0 Å². The normalized spacial score (nSPS) is 22.8. The second kappa shape index (κ2) is 14.7. The molecule has 0 spiro atoms. The Balaban J connectivity index is 3.31. The van der Waals surface area contributed by atoms with E-state index in [1.165, 1.54) is 11.8 Å². The maximum atomic E-state index is 14.1. The molecule has 10 heteroatoms. The van der Waals surface area contributed by atoms with Gasteiger partial charge < -0.3 is 14.8 Å². The quantitative estimate of drug-likeness (QED) is 0.229. The maximum absolute atomic E-state index is 14.1. The summed E-state index contributed by atoms with van der Waals surface area (Å²) in [4.78, 5) is 51.1. The molecule has 8 nitrogen and oxygen atoms in total. The second-order valence-electron chi connectivity index (χ2n) is 8.49. The molecule has 0 bridgehead atoms. The Bertz CT molecular complexity index is 756. The molecule has 0 radical (unpaired) electrons. The lowest BCUT2D eigenvalue weighted by atomic mass is 9.94. The molecule has 1 heterocycles. The first-order valence-electron chi connectivity index (χ1n) is 11.8. The average Bonchev–Trinajstić information content (AvgIpc) is 3.15. The van der Waals surface area contributed by atoms with Crippen molar-refractivity contribution in [3.63, 3.8) is 0 Å². The Labute approximate surface area is 200 Å². The smallest absolute Gasteiger partial charge is 0.326 e. The van der Waals surface area contributed by atoms with Gasteiger partial charge in [0, 0.05) is 32.9 Å². The van der Waals surface area contributed by atoms with E-state index in [2.05, 4.69) is 5.32 Å². The Morgan fingerprint density at radius 2 is 1.62 bits per heavy atom. The fourth-order valence-electron chi connectivity index (χ4n) is 3.96. The summed E-state index contributed by atoms with van der Waals surface area (Å²) >= 11 is 0. The van der Waals surface area contributed by atoms with E-state index in [1.807, 2.05) is 12.8 Å². The first-order valence-corrected chi connectivity index (χ1v) is 11.8. The molecule has 6 atom stereocenters. The van der Waals surface area contributed by atoms with E-state index in [1.54, 1.807) is 13.8 Å². The Hall–Kier alpha value is -2.54. The van der Waals surface area contributed by atoms with E-state index in [0.29, 0.717) is 19.3 Å². The van der Waals surface area contributed by atoms with E-state index in [9.17, 15) is 28.0 Å². The molecular weight excluding hydrogens is 450 g/mol. The lowest BCUT2D eigenvalue weighted by Gasteiger charge is -2.32. The molecule has 0 aromatic heterocycles. The highest BCUT2D eigenvalue weighted by atomic mass is 19.1. The molecule has 1 fully saturated rings. The van der Waals surface area contributed by atoms with Gasteiger partial charge >= 0.3 is 11.9 Å². The molecular formula is C24H36F2N2O6. The van der Waals surface area contributed by atoms with Crippen LogP contribution in [0.3, 0.4) is 0 Å². The number of esters is 2. The number of ether oxygens (including phenoxy) is 2. The Morgan fingerprint density at radius 1 is 1.06 bits per heavy atom. The first kappa shape index (κ1) is 29.5. The highest BCUT2D eigenvalue weighted by Gasteiger charge is 2.52. The predicted molar refractivity (Wildman–Crippen MR) is 120 cm³/mol. The Kier molecular flexibility index (Phi) is 12.7. The monoisotopic (exact) mass is 486 g/mol. The minimum absolute atomic E-state index is 0.00267. The van der Waals surface area contributed by atoms with Crippen LogP contribution in [0.2, 0.25) is 0 Å². The summed E-state index contributed by atoms with van der Waals surface area (Å²) in [5.41, 5.74) is 0. The highest BCUT2D eigenvalue weighted by molar-refractivity contribution is 6.01. The van der Waals surface area contributed by atoms with Crippen LogP contribution in [0.5, 0.6) is 0 Å². The van der Waals surface area contributed by atoms with Gasteiger partial charge in [-0.3, -0.25) is 24.1 Å². The molecule has 0 saturated carbocycles. The molecule has 192 valence electrons. The number of hydrogen-bond acceptors (Lipinski definition) is 7. The van der Waals surface area contributed by atoms with Crippen molar-refractivity contribution in [3.05, 3.63) is 0 Å². The average molecular weight is 487 g/mol. The number of Topliss-reactive ketones (excluding diaryl/α,β-unsaturated/α-hetero) is 1. The van der Waals surface area contributed by atoms with Crippen LogP contribution < -0.4 is 5.32 Å². The van der Waals surface area contributed by atoms with Crippen LogP contribution in [-0.4, -0.2) is 66.4 Å². The van der Waals surface area contributed by atoms with Crippen LogP contribution in [0.25, 0.3) is 0 Å². The van der Waals surface area contributed by atoms with Crippen LogP contribution in [0, 0.1) is 24.2 Å². The zero-order valence-electron chi connectivity index (χ0n) is 20.4. The number of amides is 1. The minimum Gasteiger partial charge on any atom is -0.430 e. The largest absolute Gasteiger partial charge is 0.430 e. The first-order chi connectivity index (χ1) is 16.1. The molecule has 1 saturated heterocycles. The molecule has 1 N–H and O–H groups in total. The van der Waals surface area contributed by atoms with Gasteiger partial charge in [0.1, 0.15) is 12.1 Å². The topological polar surface area (TPSA) is 102 Å². The maximum Gasteiger partial charge on any atom is 0.326 e. The van der Waals surface area contributed by atoms with Gasteiger partial charge in [-0.15, -0.1) is 6.42 Å². The number of nitrogens with one attached hydrogen (secondary N) is 1. The summed E-state index contributed by atoms with van der Waals surface area (Å²) in [5.74, 6) is -2.37. The summed E-state index contributed by atoms with van der Waals surface area (Å²) in [6.07, 6.45) is 2.77. The van der Waals surface area contributed by atoms with E-state index in [-0.39, 0.29) is 44.2 Å². The standard InChI is InChI=1S/C24H36F2N2O6/c1-6-10-20(25)33-23(31)18-12-17(19(30)9-4)22(24(32)34-21(26)11-7-2)28(18)14-16(8-3)13-27-15(5)29/h4,16-18,20-22H,6-8,10-14H2,1-3,5H3,(H,27,29)/t16?,17-,18+,20?,21?,22+/m0/s1. The number of ketones is 1. The molecule has 0 aromatic carbocycles. The fourth-order valence-corrected chi connectivity index (χ4v) is 3.96. The van der Waals surface area contributed by atoms with Gasteiger partial charge in [-0.05, 0) is 31.1 Å². The molecule has 1 aliphatic heterocycles. The number of alkyl halides is 2. The molecule has 1 rings (SSSR count). The Morgan fingerprint density at radius 3 is 2.09 bits per heavy atom. The lowest BCUT2D eigenvalue weighted by Crippen LogP contribution is -2.51. The van der Waals surface area contributed by atoms with Crippen molar-refractivity contribution in [3.8, 4) is 12.3 Å². The fraction of sp³-hybridized carbons (Fsp3) is 0.750. The summed E-state index contributed by atoms with van der Waals surface area (Å²) in [6.45, 7) is 6.96. The molecule has 0 aliphatic carbocycles. The molecule has 1 aliphatic rings. The van der Waals surface area contributed by atoms with Crippen molar-refractivity contribution in [1.29, 1.82) is 0 Å². The van der Waals surface area contributed by atoms with Crippen molar-refractivity contribution in [2.24, 2.45) is 11.8 Å². The summed E-state index contributed by atoms with van der Waals surface area (Å²) in [5, 5.41) is 2.68. The van der Waals surface area contributed by atoms with E-state index < -0.39 is 48.4 Å². The van der Waals surface area contributed by atoms with Gasteiger partial charge in [-0.25, -0.2) is 8.78 Å². The van der Waals surface area contributed by atoms with Crippen molar-refractivity contribution in [2.45, 2.75) is 91.0 Å². The zero-order chi connectivity index (χ0) is 25.8. The second-order valence-corrected chi connectivity index (χ2v) is 8.49. The highest BCUT2D eigenvalue weighted by Crippen LogP contribution is 2.34. The number of hydrogen-bond donors (Lipinski definition) is 1. The van der Waals surface area contributed by atoms with Gasteiger partial charge in [-0.2, -0.15) is 0 Å². The number of likely N-dealkylation sites (tertiary alicyclic amines) is 1. The molecule has 0 aromatic rings. The van der Waals surface area contributed by atoms with Gasteiger partial charge in [0.2, 0.25) is 24.4 Å². The van der Waals surface area contributed by atoms with Crippen LogP contribution in [0.1, 0.15) is 66.2 Å². The van der Waals surface area contributed by atoms with Crippen LogP contribution >= 0.6 is 0 Å². The van der Waals surface area contributed by atoms with Crippen molar-refractivity contribution in [1.82, 2.24) is 10.2 Å². The van der Waals surface area contributed by atoms with Gasteiger partial charge in [0.15, 0.2) is 0 Å². The SMILES string of the molecule is C#CC(=O)[C@@H]1C[C@H](C(=O)OC(F)CCC)N(CC(CC)CNC(C)=O)[C@H]1C(=O)OC(F)CCC. The van der Waals surface area contributed by atoms with Crippen molar-refractivity contribution < 1.29 is 37.4 Å². The summed E-state index contributed by atoms with van der Waals surface area (Å²) in [6, 6.07) is -2.50. The predicted octanol–water partition coefficient (Wildman–Crippen LogP) is 2.69. The number of terminal acetylenes is 1. The van der Waals surface area contributed by atoms with Gasteiger partial charge in [0.05, 0.1) is 5.92 Å². The molecule has 1 amide bonds. The number of rotatable bonds is 14.